The second-order valence-corrected chi connectivity index (χ2v) is 6.86. The van der Waals surface area contributed by atoms with Gasteiger partial charge < -0.3 is 9.52 Å². The van der Waals surface area contributed by atoms with E-state index in [4.69, 9.17) is 4.42 Å². The number of benzene rings is 1. The summed E-state index contributed by atoms with van der Waals surface area (Å²) in [5, 5.41) is 10.5. The van der Waals surface area contributed by atoms with E-state index in [0.717, 1.165) is 26.1 Å². The zero-order chi connectivity index (χ0) is 16.0. The Morgan fingerprint density at radius 2 is 2.09 bits per heavy atom. The minimum Gasteiger partial charge on any atom is -0.464 e. The van der Waals surface area contributed by atoms with Crippen LogP contribution in [0, 0.1) is 0 Å². The summed E-state index contributed by atoms with van der Waals surface area (Å²) >= 11 is 0. The molecule has 1 aromatic carbocycles. The maximum atomic E-state index is 12.7. The lowest BCUT2D eigenvalue weighted by molar-refractivity contribution is 0.0523. The predicted octanol–water partition coefficient (Wildman–Crippen LogP) is 1.43. The molecule has 0 aliphatic carbocycles. The smallest absolute Gasteiger partial charge is 0.197 e. The molecule has 3 heterocycles. The lowest BCUT2D eigenvalue weighted by Gasteiger charge is -2.42. The van der Waals surface area contributed by atoms with Crippen LogP contribution in [0.15, 0.2) is 39.7 Å². The molecule has 1 N–H and O–H groups in total. The number of aliphatic hydroxyl groups is 1. The molecule has 0 unspecified atom stereocenters. The fourth-order valence-corrected chi connectivity index (χ4v) is 3.94. The lowest BCUT2D eigenvalue weighted by Crippen LogP contribution is -2.54. The third-order valence-corrected chi connectivity index (χ3v) is 5.20. The third kappa shape index (κ3) is 2.69. The molecule has 23 heavy (non-hydrogen) atoms. The lowest BCUT2D eigenvalue weighted by atomic mass is 10.1. The fraction of sp³-hybridized carbons (Fsp3) is 0.500. The number of fused-ring (bicyclic) bond motifs is 2. The second kappa shape index (κ2) is 5.74. The maximum absolute atomic E-state index is 12.7. The van der Waals surface area contributed by atoms with E-state index in [9.17, 15) is 9.90 Å². The molecule has 1 aromatic heterocycles. The van der Waals surface area contributed by atoms with Crippen LogP contribution in [0.4, 0.5) is 0 Å². The molecule has 2 aromatic rings. The summed E-state index contributed by atoms with van der Waals surface area (Å²) in [5.41, 5.74) is 1.41. The van der Waals surface area contributed by atoms with Gasteiger partial charge in [0.15, 0.2) is 5.43 Å². The van der Waals surface area contributed by atoms with Gasteiger partial charge in [-0.25, -0.2) is 0 Å². The third-order valence-electron chi connectivity index (χ3n) is 5.20. The minimum atomic E-state index is -0.210. The summed E-state index contributed by atoms with van der Waals surface area (Å²) in [4.78, 5) is 17.4. The van der Waals surface area contributed by atoms with E-state index >= 15 is 0 Å². The number of piperazine rings is 1. The largest absolute Gasteiger partial charge is 0.464 e. The molecule has 4 rings (SSSR count). The van der Waals surface area contributed by atoms with Gasteiger partial charge in [0.1, 0.15) is 5.58 Å². The SMILES string of the molecule is C[C@H]1CN2C[C@H](O)C[C@@H]2CN1Cc1coc2ccccc2c1=O. The first-order chi connectivity index (χ1) is 11.1. The molecular formula is C18H22N2O3. The van der Waals surface area contributed by atoms with Crippen molar-refractivity contribution < 1.29 is 9.52 Å². The van der Waals surface area contributed by atoms with Crippen LogP contribution in [0.5, 0.6) is 0 Å². The molecule has 2 aliphatic heterocycles. The van der Waals surface area contributed by atoms with E-state index in [-0.39, 0.29) is 11.5 Å². The fourth-order valence-electron chi connectivity index (χ4n) is 3.94. The van der Waals surface area contributed by atoms with Crippen LogP contribution in [-0.4, -0.2) is 52.7 Å². The zero-order valence-corrected chi connectivity index (χ0v) is 13.3. The van der Waals surface area contributed by atoms with Gasteiger partial charge in [-0.15, -0.1) is 0 Å². The van der Waals surface area contributed by atoms with Crippen molar-refractivity contribution in [3.63, 3.8) is 0 Å². The summed E-state index contributed by atoms with van der Waals surface area (Å²) in [6.45, 7) is 5.41. The van der Waals surface area contributed by atoms with Gasteiger partial charge in [0.25, 0.3) is 0 Å². The summed E-state index contributed by atoms with van der Waals surface area (Å²) < 4.78 is 5.63. The van der Waals surface area contributed by atoms with Gasteiger partial charge in [0.2, 0.25) is 0 Å². The Hall–Kier alpha value is -1.69. The molecule has 2 fully saturated rings. The molecule has 0 spiro atoms. The number of hydrogen-bond acceptors (Lipinski definition) is 5. The molecule has 122 valence electrons. The molecular weight excluding hydrogens is 292 g/mol. The maximum Gasteiger partial charge on any atom is 0.197 e. The Morgan fingerprint density at radius 3 is 2.96 bits per heavy atom. The van der Waals surface area contributed by atoms with Gasteiger partial charge in [0.05, 0.1) is 17.8 Å². The number of aliphatic hydroxyl groups excluding tert-OH is 1. The van der Waals surface area contributed by atoms with Crippen LogP contribution in [0.25, 0.3) is 11.0 Å². The van der Waals surface area contributed by atoms with Gasteiger partial charge >= 0.3 is 0 Å². The molecule has 2 saturated heterocycles. The Balaban J connectivity index is 1.58. The Kier molecular flexibility index (Phi) is 3.71. The van der Waals surface area contributed by atoms with Crippen molar-refractivity contribution in [3.05, 3.63) is 46.3 Å². The van der Waals surface area contributed by atoms with E-state index < -0.39 is 0 Å². The number of hydrogen-bond donors (Lipinski definition) is 1. The van der Waals surface area contributed by atoms with Crippen molar-refractivity contribution in [2.45, 2.75) is 38.1 Å². The quantitative estimate of drug-likeness (QED) is 0.909. The molecule has 3 atom stereocenters. The first kappa shape index (κ1) is 14.9. The monoisotopic (exact) mass is 314 g/mol. The molecule has 5 heteroatoms. The van der Waals surface area contributed by atoms with Crippen molar-refractivity contribution in [2.24, 2.45) is 0 Å². The average Bonchev–Trinajstić information content (AvgIpc) is 2.89. The summed E-state index contributed by atoms with van der Waals surface area (Å²) in [7, 11) is 0. The summed E-state index contributed by atoms with van der Waals surface area (Å²) in [6, 6.07) is 8.14. The van der Waals surface area contributed by atoms with Gasteiger partial charge in [-0.3, -0.25) is 14.6 Å². The molecule has 0 radical (unpaired) electrons. The van der Waals surface area contributed by atoms with Crippen molar-refractivity contribution in [1.82, 2.24) is 9.80 Å². The molecule has 2 aliphatic rings. The summed E-state index contributed by atoms with van der Waals surface area (Å²) in [5.74, 6) is 0. The Morgan fingerprint density at radius 1 is 1.26 bits per heavy atom. The topological polar surface area (TPSA) is 56.9 Å². The normalized spacial score (nSPS) is 29.0. The molecule has 0 bridgehead atoms. The van der Waals surface area contributed by atoms with E-state index in [0.29, 0.717) is 35.2 Å². The molecule has 5 nitrogen and oxygen atoms in total. The minimum absolute atomic E-state index is 0.0629. The van der Waals surface area contributed by atoms with Gasteiger partial charge in [-0.1, -0.05) is 12.1 Å². The van der Waals surface area contributed by atoms with Crippen molar-refractivity contribution >= 4 is 11.0 Å². The van der Waals surface area contributed by atoms with Gasteiger partial charge in [-0.05, 0) is 25.5 Å². The first-order valence-corrected chi connectivity index (χ1v) is 8.27. The average molecular weight is 314 g/mol. The number of para-hydroxylation sites is 1. The van der Waals surface area contributed by atoms with Crippen LogP contribution in [-0.2, 0) is 6.54 Å². The van der Waals surface area contributed by atoms with E-state index in [1.165, 1.54) is 0 Å². The Bertz CT molecular complexity index is 772. The molecule has 0 saturated carbocycles. The standard InChI is InChI=1S/C18H22N2O3/c1-12-7-20-10-15(21)6-14(20)9-19(12)8-13-11-23-17-5-3-2-4-16(17)18(13)22/h2-5,11-12,14-15,21H,6-10H2,1H3/t12-,14+,15+/m0/s1. The Labute approximate surface area is 135 Å². The summed E-state index contributed by atoms with van der Waals surface area (Å²) in [6.07, 6.45) is 2.22. The van der Waals surface area contributed by atoms with Gasteiger partial charge in [-0.2, -0.15) is 0 Å². The molecule has 0 amide bonds. The number of rotatable bonds is 2. The van der Waals surface area contributed by atoms with Crippen molar-refractivity contribution in [3.8, 4) is 0 Å². The van der Waals surface area contributed by atoms with Crippen LogP contribution in [0.2, 0.25) is 0 Å². The van der Waals surface area contributed by atoms with Crippen LogP contribution in [0.3, 0.4) is 0 Å². The number of nitrogens with zero attached hydrogens (tertiary/aromatic N) is 2. The second-order valence-electron chi connectivity index (χ2n) is 6.86. The van der Waals surface area contributed by atoms with Crippen LogP contribution in [0.1, 0.15) is 18.9 Å². The van der Waals surface area contributed by atoms with Crippen molar-refractivity contribution in [1.29, 1.82) is 0 Å². The highest BCUT2D eigenvalue weighted by Gasteiger charge is 2.38. The first-order valence-electron chi connectivity index (χ1n) is 8.27. The van der Waals surface area contributed by atoms with E-state index in [1.54, 1.807) is 6.26 Å². The highest BCUT2D eigenvalue weighted by atomic mass is 16.3. The van der Waals surface area contributed by atoms with Gasteiger partial charge in [0, 0.05) is 43.8 Å². The van der Waals surface area contributed by atoms with Crippen molar-refractivity contribution in [2.75, 3.05) is 19.6 Å². The van der Waals surface area contributed by atoms with E-state index in [2.05, 4.69) is 16.7 Å². The van der Waals surface area contributed by atoms with Crippen LogP contribution >= 0.6 is 0 Å². The predicted molar refractivity (Wildman–Crippen MR) is 88.3 cm³/mol. The highest BCUT2D eigenvalue weighted by Crippen LogP contribution is 2.26. The zero-order valence-electron chi connectivity index (χ0n) is 13.3. The van der Waals surface area contributed by atoms with E-state index in [1.807, 2.05) is 24.3 Å². The van der Waals surface area contributed by atoms with Crippen LogP contribution < -0.4 is 5.43 Å². The highest BCUT2D eigenvalue weighted by molar-refractivity contribution is 5.76.